The van der Waals surface area contributed by atoms with Gasteiger partial charge in [0.15, 0.2) is 0 Å². The van der Waals surface area contributed by atoms with Crippen LogP contribution in [0.5, 0.6) is 0 Å². The molecule has 3 rings (SSSR count). The predicted molar refractivity (Wildman–Crippen MR) is 75.1 cm³/mol. The molecule has 3 aliphatic carbocycles. The molecule has 1 nitrogen and oxygen atoms in total. The highest BCUT2D eigenvalue weighted by atomic mass is 16.3. The standard InChI is InChI=1S/C17H28O/c1-5-13(18)15-11-7-8-12-14(11)16(2,3)9-6-10-17(12,15)4/h5,11-15,18H,1,6-10H2,2-4H3/t11-,12+,13+,14+,15+,17-/m0/s1. The first-order chi connectivity index (χ1) is 8.42. The fourth-order valence-electron chi connectivity index (χ4n) is 6.27. The highest BCUT2D eigenvalue weighted by Crippen LogP contribution is 2.71. The molecule has 3 fully saturated rings. The molecule has 18 heavy (non-hydrogen) atoms. The third kappa shape index (κ3) is 1.43. The van der Waals surface area contributed by atoms with Crippen molar-refractivity contribution in [1.29, 1.82) is 0 Å². The van der Waals surface area contributed by atoms with Gasteiger partial charge in [0.1, 0.15) is 0 Å². The molecule has 3 saturated carbocycles. The molecule has 0 amide bonds. The van der Waals surface area contributed by atoms with E-state index in [2.05, 4.69) is 27.4 Å². The fraction of sp³-hybridized carbons (Fsp3) is 0.882. The maximum absolute atomic E-state index is 10.4. The van der Waals surface area contributed by atoms with Crippen molar-refractivity contribution in [3.8, 4) is 0 Å². The van der Waals surface area contributed by atoms with E-state index < -0.39 is 0 Å². The molecule has 0 unspecified atom stereocenters. The Hall–Kier alpha value is -0.300. The zero-order chi connectivity index (χ0) is 13.1. The molecule has 0 aromatic carbocycles. The second-order valence-corrected chi connectivity index (χ2v) is 7.97. The molecule has 0 heterocycles. The Morgan fingerprint density at radius 2 is 1.94 bits per heavy atom. The average Bonchev–Trinajstić information content (AvgIpc) is 2.79. The van der Waals surface area contributed by atoms with Crippen molar-refractivity contribution < 1.29 is 5.11 Å². The molecule has 0 aromatic heterocycles. The first-order valence-corrected chi connectivity index (χ1v) is 7.72. The van der Waals surface area contributed by atoms with Gasteiger partial charge < -0.3 is 5.11 Å². The normalized spacial score (nSPS) is 50.9. The van der Waals surface area contributed by atoms with Crippen LogP contribution in [0.2, 0.25) is 0 Å². The Balaban J connectivity index is 2.04. The molecule has 4 bridgehead atoms. The number of aliphatic hydroxyl groups excluding tert-OH is 1. The number of hydrogen-bond acceptors (Lipinski definition) is 1. The van der Waals surface area contributed by atoms with Crippen LogP contribution in [0, 0.1) is 34.5 Å². The summed E-state index contributed by atoms with van der Waals surface area (Å²) in [6, 6.07) is 0. The molecule has 0 spiro atoms. The van der Waals surface area contributed by atoms with Gasteiger partial charge in [-0.15, -0.1) is 6.58 Å². The minimum atomic E-state index is -0.290. The predicted octanol–water partition coefficient (Wildman–Crippen LogP) is 4.02. The Morgan fingerprint density at radius 1 is 1.22 bits per heavy atom. The Bertz CT molecular complexity index is 359. The summed E-state index contributed by atoms with van der Waals surface area (Å²) in [5, 5.41) is 10.4. The molecule has 0 radical (unpaired) electrons. The molecule has 6 atom stereocenters. The summed E-state index contributed by atoms with van der Waals surface area (Å²) in [5.41, 5.74) is 0.841. The molecule has 3 aliphatic rings. The van der Waals surface area contributed by atoms with Gasteiger partial charge >= 0.3 is 0 Å². The van der Waals surface area contributed by atoms with Gasteiger partial charge in [0, 0.05) is 0 Å². The monoisotopic (exact) mass is 248 g/mol. The SMILES string of the molecule is C=C[C@@H](O)[C@H]1[C@H]2CC[C@@H]3[C@@H]2C(C)(C)CCC[C@]13C. The molecular weight excluding hydrogens is 220 g/mol. The van der Waals surface area contributed by atoms with Crippen molar-refractivity contribution in [2.75, 3.05) is 0 Å². The molecule has 0 aromatic rings. The second-order valence-electron chi connectivity index (χ2n) is 7.97. The van der Waals surface area contributed by atoms with Crippen molar-refractivity contribution >= 4 is 0 Å². The molecular formula is C17H28O. The molecule has 1 heteroatoms. The third-order valence-corrected chi connectivity index (χ3v) is 6.82. The van der Waals surface area contributed by atoms with Crippen molar-refractivity contribution in [1.82, 2.24) is 0 Å². The van der Waals surface area contributed by atoms with E-state index in [1.807, 2.05) is 0 Å². The number of rotatable bonds is 2. The lowest BCUT2D eigenvalue weighted by molar-refractivity contribution is 0.00216. The van der Waals surface area contributed by atoms with Gasteiger partial charge in [-0.3, -0.25) is 0 Å². The molecule has 0 aliphatic heterocycles. The maximum Gasteiger partial charge on any atom is 0.0754 e. The van der Waals surface area contributed by atoms with Crippen molar-refractivity contribution in [3.63, 3.8) is 0 Å². The summed E-state index contributed by atoms with van der Waals surface area (Å²) in [7, 11) is 0. The van der Waals surface area contributed by atoms with Crippen LogP contribution in [-0.4, -0.2) is 11.2 Å². The van der Waals surface area contributed by atoms with E-state index in [0.29, 0.717) is 16.7 Å². The van der Waals surface area contributed by atoms with Gasteiger partial charge in [-0.05, 0) is 60.2 Å². The van der Waals surface area contributed by atoms with Crippen molar-refractivity contribution in [2.45, 2.75) is 59.0 Å². The lowest BCUT2D eigenvalue weighted by Crippen LogP contribution is -2.40. The van der Waals surface area contributed by atoms with Gasteiger partial charge in [0.25, 0.3) is 0 Å². The van der Waals surface area contributed by atoms with Crippen molar-refractivity contribution in [3.05, 3.63) is 12.7 Å². The first-order valence-electron chi connectivity index (χ1n) is 7.72. The first kappa shape index (κ1) is 12.7. The van der Waals surface area contributed by atoms with E-state index in [1.54, 1.807) is 6.08 Å². The van der Waals surface area contributed by atoms with Gasteiger partial charge in [-0.25, -0.2) is 0 Å². The summed E-state index contributed by atoms with van der Waals surface area (Å²) in [5.74, 6) is 2.89. The van der Waals surface area contributed by atoms with Crippen LogP contribution in [0.15, 0.2) is 12.7 Å². The van der Waals surface area contributed by atoms with Gasteiger partial charge in [-0.1, -0.05) is 33.3 Å². The van der Waals surface area contributed by atoms with E-state index in [9.17, 15) is 5.11 Å². The van der Waals surface area contributed by atoms with E-state index in [4.69, 9.17) is 0 Å². The van der Waals surface area contributed by atoms with Gasteiger partial charge in [0.05, 0.1) is 6.10 Å². The van der Waals surface area contributed by atoms with E-state index in [1.165, 1.54) is 32.1 Å². The highest BCUT2D eigenvalue weighted by Gasteiger charge is 2.65. The Morgan fingerprint density at radius 3 is 2.61 bits per heavy atom. The van der Waals surface area contributed by atoms with Crippen LogP contribution >= 0.6 is 0 Å². The zero-order valence-corrected chi connectivity index (χ0v) is 12.2. The minimum Gasteiger partial charge on any atom is -0.389 e. The minimum absolute atomic E-state index is 0.290. The van der Waals surface area contributed by atoms with Crippen LogP contribution in [0.3, 0.4) is 0 Å². The van der Waals surface area contributed by atoms with Crippen LogP contribution in [0.25, 0.3) is 0 Å². The maximum atomic E-state index is 10.4. The highest BCUT2D eigenvalue weighted by molar-refractivity contribution is 5.15. The zero-order valence-electron chi connectivity index (χ0n) is 12.2. The van der Waals surface area contributed by atoms with E-state index in [-0.39, 0.29) is 6.10 Å². The third-order valence-electron chi connectivity index (χ3n) is 6.82. The Kier molecular flexibility index (Phi) is 2.72. The molecule has 102 valence electrons. The summed E-state index contributed by atoms with van der Waals surface area (Å²) in [6.07, 6.45) is 8.25. The number of aliphatic hydroxyl groups is 1. The van der Waals surface area contributed by atoms with Crippen LogP contribution in [0.4, 0.5) is 0 Å². The quantitative estimate of drug-likeness (QED) is 0.732. The van der Waals surface area contributed by atoms with Crippen molar-refractivity contribution in [2.24, 2.45) is 34.5 Å². The molecule has 0 saturated heterocycles. The summed E-state index contributed by atoms with van der Waals surface area (Å²) >= 11 is 0. The van der Waals surface area contributed by atoms with Crippen LogP contribution in [0.1, 0.15) is 52.9 Å². The molecule has 1 N–H and O–H groups in total. The Labute approximate surface area is 112 Å². The summed E-state index contributed by atoms with van der Waals surface area (Å²) < 4.78 is 0. The van der Waals surface area contributed by atoms with Gasteiger partial charge in [-0.2, -0.15) is 0 Å². The van der Waals surface area contributed by atoms with Crippen LogP contribution in [-0.2, 0) is 0 Å². The number of hydrogen-bond donors (Lipinski definition) is 1. The van der Waals surface area contributed by atoms with E-state index >= 15 is 0 Å². The summed E-state index contributed by atoms with van der Waals surface area (Å²) in [6.45, 7) is 11.2. The second kappa shape index (κ2) is 3.85. The fourth-order valence-corrected chi connectivity index (χ4v) is 6.27. The lowest BCUT2D eigenvalue weighted by atomic mass is 9.63. The average molecular weight is 248 g/mol. The summed E-state index contributed by atoms with van der Waals surface area (Å²) in [4.78, 5) is 0. The smallest absolute Gasteiger partial charge is 0.0754 e. The largest absolute Gasteiger partial charge is 0.389 e. The topological polar surface area (TPSA) is 20.2 Å². The van der Waals surface area contributed by atoms with Crippen LogP contribution < -0.4 is 0 Å². The van der Waals surface area contributed by atoms with Gasteiger partial charge in [0.2, 0.25) is 0 Å². The van der Waals surface area contributed by atoms with E-state index in [0.717, 1.165) is 17.8 Å². The lowest BCUT2D eigenvalue weighted by Gasteiger charge is -2.43.